The van der Waals surface area contributed by atoms with Gasteiger partial charge in [-0.05, 0) is 37.1 Å². The zero-order chi connectivity index (χ0) is 13.8. The first-order valence-electron chi connectivity index (χ1n) is 5.74. The molecule has 1 rings (SSSR count). The van der Waals surface area contributed by atoms with Crippen LogP contribution in [0.4, 0.5) is 5.69 Å². The average molecular weight is 290 g/mol. The van der Waals surface area contributed by atoms with Gasteiger partial charge in [-0.25, -0.2) is 8.42 Å². The minimum absolute atomic E-state index is 0.0182. The Balaban J connectivity index is 2.79. The minimum Gasteiger partial charge on any atom is -0.326 e. The van der Waals surface area contributed by atoms with E-state index in [2.05, 4.69) is 5.32 Å². The zero-order valence-electron chi connectivity index (χ0n) is 10.3. The van der Waals surface area contributed by atoms with Gasteiger partial charge in [0.25, 0.3) is 9.05 Å². The number of hydrogen-bond donors (Lipinski definition) is 1. The lowest BCUT2D eigenvalue weighted by atomic mass is 10.0. The molecular formula is C12H16ClNO3S. The van der Waals surface area contributed by atoms with Crippen LogP contribution in [0.15, 0.2) is 29.2 Å². The Hall–Kier alpha value is -1.07. The van der Waals surface area contributed by atoms with E-state index >= 15 is 0 Å². The van der Waals surface area contributed by atoms with Gasteiger partial charge in [0.1, 0.15) is 0 Å². The van der Waals surface area contributed by atoms with Crippen molar-refractivity contribution in [2.45, 2.75) is 31.6 Å². The van der Waals surface area contributed by atoms with E-state index in [4.69, 9.17) is 10.7 Å². The standard InChI is InChI=1S/C12H16ClNO3S/c1-3-9(4-2)12(15)14-10-5-7-11(8-6-10)18(13,16)17/h5-9H,3-4H2,1-2H3,(H,14,15). The molecule has 6 heteroatoms. The molecule has 0 spiro atoms. The topological polar surface area (TPSA) is 63.2 Å². The van der Waals surface area contributed by atoms with E-state index in [1.807, 2.05) is 13.8 Å². The maximum atomic E-state index is 11.8. The molecule has 0 unspecified atom stereocenters. The second-order valence-electron chi connectivity index (χ2n) is 3.96. The fourth-order valence-electron chi connectivity index (χ4n) is 1.60. The van der Waals surface area contributed by atoms with E-state index in [1.165, 1.54) is 24.3 Å². The van der Waals surface area contributed by atoms with Gasteiger partial charge in [-0.3, -0.25) is 4.79 Å². The third-order valence-corrected chi connectivity index (χ3v) is 4.13. The van der Waals surface area contributed by atoms with Crippen LogP contribution in [0.5, 0.6) is 0 Å². The quantitative estimate of drug-likeness (QED) is 0.848. The average Bonchev–Trinajstić information content (AvgIpc) is 2.30. The van der Waals surface area contributed by atoms with Crippen LogP contribution in [-0.4, -0.2) is 14.3 Å². The van der Waals surface area contributed by atoms with Crippen LogP contribution >= 0.6 is 10.7 Å². The number of hydrogen-bond acceptors (Lipinski definition) is 3. The summed E-state index contributed by atoms with van der Waals surface area (Å²) in [6.45, 7) is 3.91. The smallest absolute Gasteiger partial charge is 0.261 e. The van der Waals surface area contributed by atoms with Crippen molar-refractivity contribution in [1.29, 1.82) is 0 Å². The van der Waals surface area contributed by atoms with Gasteiger partial charge >= 0.3 is 0 Å². The molecule has 0 radical (unpaired) electrons. The van der Waals surface area contributed by atoms with E-state index in [0.717, 1.165) is 12.8 Å². The molecule has 0 bridgehead atoms. The number of rotatable bonds is 5. The van der Waals surface area contributed by atoms with E-state index < -0.39 is 9.05 Å². The molecular weight excluding hydrogens is 274 g/mol. The summed E-state index contributed by atoms with van der Waals surface area (Å²) in [7, 11) is 1.48. The van der Waals surface area contributed by atoms with Gasteiger partial charge in [-0.15, -0.1) is 0 Å². The SMILES string of the molecule is CCC(CC)C(=O)Nc1ccc(S(=O)(=O)Cl)cc1. The van der Waals surface area contributed by atoms with Crippen molar-refractivity contribution in [3.8, 4) is 0 Å². The van der Waals surface area contributed by atoms with Gasteiger partial charge in [-0.1, -0.05) is 13.8 Å². The number of halogens is 1. The Morgan fingerprint density at radius 1 is 1.22 bits per heavy atom. The van der Waals surface area contributed by atoms with Gasteiger partial charge in [0.05, 0.1) is 4.90 Å². The number of carbonyl (C=O) groups is 1. The van der Waals surface area contributed by atoms with Crippen molar-refractivity contribution in [2.24, 2.45) is 5.92 Å². The lowest BCUT2D eigenvalue weighted by molar-refractivity contribution is -0.120. The van der Waals surface area contributed by atoms with Crippen LogP contribution in [0.25, 0.3) is 0 Å². The van der Waals surface area contributed by atoms with Gasteiger partial charge in [0, 0.05) is 22.3 Å². The molecule has 0 saturated heterocycles. The lowest BCUT2D eigenvalue weighted by Crippen LogP contribution is -2.21. The Kier molecular flexibility index (Phi) is 5.16. The number of benzene rings is 1. The largest absolute Gasteiger partial charge is 0.326 e. The van der Waals surface area contributed by atoms with Crippen LogP contribution in [0, 0.1) is 5.92 Å². The fourth-order valence-corrected chi connectivity index (χ4v) is 2.37. The molecule has 0 aliphatic heterocycles. The normalized spacial score (nSPS) is 11.6. The van der Waals surface area contributed by atoms with Crippen molar-refractivity contribution in [2.75, 3.05) is 5.32 Å². The molecule has 0 aromatic heterocycles. The van der Waals surface area contributed by atoms with E-state index in [9.17, 15) is 13.2 Å². The molecule has 0 aliphatic carbocycles. The molecule has 1 amide bonds. The molecule has 1 N–H and O–H groups in total. The number of nitrogens with one attached hydrogen (secondary N) is 1. The summed E-state index contributed by atoms with van der Waals surface area (Å²) in [6, 6.07) is 5.78. The van der Waals surface area contributed by atoms with Crippen LogP contribution < -0.4 is 5.32 Å². The maximum absolute atomic E-state index is 11.8. The Labute approximate surface area is 112 Å². The molecule has 18 heavy (non-hydrogen) atoms. The Morgan fingerprint density at radius 2 is 1.72 bits per heavy atom. The first-order valence-corrected chi connectivity index (χ1v) is 8.05. The fraction of sp³-hybridized carbons (Fsp3) is 0.417. The third kappa shape index (κ3) is 3.99. The van der Waals surface area contributed by atoms with Crippen molar-refractivity contribution >= 4 is 31.3 Å². The summed E-state index contributed by atoms with van der Waals surface area (Å²) in [5.74, 6) is -0.0806. The highest BCUT2D eigenvalue weighted by Gasteiger charge is 2.14. The summed E-state index contributed by atoms with van der Waals surface area (Å²) in [5.41, 5.74) is 0.566. The van der Waals surface area contributed by atoms with Gasteiger partial charge in [0.15, 0.2) is 0 Å². The first-order chi connectivity index (χ1) is 8.38. The molecule has 100 valence electrons. The highest BCUT2D eigenvalue weighted by Crippen LogP contribution is 2.19. The van der Waals surface area contributed by atoms with Crippen molar-refractivity contribution < 1.29 is 13.2 Å². The highest BCUT2D eigenvalue weighted by atomic mass is 35.7. The second-order valence-corrected chi connectivity index (χ2v) is 6.53. The number of anilines is 1. The van der Waals surface area contributed by atoms with Gasteiger partial charge in [-0.2, -0.15) is 0 Å². The third-order valence-electron chi connectivity index (χ3n) is 2.76. The zero-order valence-corrected chi connectivity index (χ0v) is 11.9. The van der Waals surface area contributed by atoms with Gasteiger partial charge < -0.3 is 5.32 Å². The van der Waals surface area contributed by atoms with Crippen molar-refractivity contribution in [3.05, 3.63) is 24.3 Å². The van der Waals surface area contributed by atoms with Crippen LogP contribution in [0.2, 0.25) is 0 Å². The summed E-state index contributed by atoms with van der Waals surface area (Å²) in [5, 5.41) is 2.75. The van der Waals surface area contributed by atoms with E-state index in [1.54, 1.807) is 0 Å². The van der Waals surface area contributed by atoms with Crippen LogP contribution in [-0.2, 0) is 13.8 Å². The molecule has 4 nitrogen and oxygen atoms in total. The van der Waals surface area contributed by atoms with E-state index in [0.29, 0.717) is 5.69 Å². The second kappa shape index (κ2) is 6.20. The summed E-state index contributed by atoms with van der Waals surface area (Å²) in [6.07, 6.45) is 1.55. The first kappa shape index (κ1) is 15.0. The monoisotopic (exact) mass is 289 g/mol. The predicted molar refractivity (Wildman–Crippen MR) is 72.2 cm³/mol. The predicted octanol–water partition coefficient (Wildman–Crippen LogP) is 2.99. The molecule has 0 saturated carbocycles. The van der Waals surface area contributed by atoms with Crippen LogP contribution in [0.1, 0.15) is 26.7 Å². The lowest BCUT2D eigenvalue weighted by Gasteiger charge is -2.12. The number of carbonyl (C=O) groups excluding carboxylic acids is 1. The van der Waals surface area contributed by atoms with Crippen LogP contribution in [0.3, 0.4) is 0 Å². The Morgan fingerprint density at radius 3 is 2.11 bits per heavy atom. The molecule has 1 aromatic carbocycles. The number of amides is 1. The molecule has 0 heterocycles. The summed E-state index contributed by atoms with van der Waals surface area (Å²) >= 11 is 0. The van der Waals surface area contributed by atoms with Crippen molar-refractivity contribution in [1.82, 2.24) is 0 Å². The van der Waals surface area contributed by atoms with Crippen molar-refractivity contribution in [3.63, 3.8) is 0 Å². The van der Waals surface area contributed by atoms with Gasteiger partial charge in [0.2, 0.25) is 5.91 Å². The molecule has 1 aromatic rings. The molecule has 0 fully saturated rings. The Bertz CT molecular complexity index is 507. The summed E-state index contributed by atoms with van der Waals surface area (Å²) in [4.78, 5) is 11.8. The molecule has 0 atom stereocenters. The molecule has 0 aliphatic rings. The highest BCUT2D eigenvalue weighted by molar-refractivity contribution is 8.13. The maximum Gasteiger partial charge on any atom is 0.261 e. The van der Waals surface area contributed by atoms with E-state index in [-0.39, 0.29) is 16.7 Å². The summed E-state index contributed by atoms with van der Waals surface area (Å²) < 4.78 is 22.1. The minimum atomic E-state index is -3.71.